The summed E-state index contributed by atoms with van der Waals surface area (Å²) >= 11 is 5.71. The number of hydrogen-bond donors (Lipinski definition) is 1. The highest BCUT2D eigenvalue weighted by atomic mass is 35.5. The smallest absolute Gasteiger partial charge is 0.243 e. The number of hydrogen-bond acceptors (Lipinski definition) is 2. The number of halogens is 2. The molecule has 3 rings (SSSR count). The minimum absolute atomic E-state index is 0.148. The number of benzene rings is 2. The van der Waals surface area contributed by atoms with E-state index in [1.54, 1.807) is 6.07 Å². The summed E-state index contributed by atoms with van der Waals surface area (Å²) in [6.07, 6.45) is 0.915. The summed E-state index contributed by atoms with van der Waals surface area (Å²) in [6, 6.07) is 12.5. The highest BCUT2D eigenvalue weighted by Crippen LogP contribution is 2.31. The first-order valence-electron chi connectivity index (χ1n) is 7.14. The molecule has 3 nitrogen and oxygen atoms in total. The molecule has 114 valence electrons. The second-order valence-corrected chi connectivity index (χ2v) is 5.92. The minimum atomic E-state index is -0.532. The topological polar surface area (TPSA) is 32.3 Å². The van der Waals surface area contributed by atoms with Crippen LogP contribution in [0, 0.1) is 5.82 Å². The number of fused-ring (bicyclic) bond motifs is 1. The third-order valence-electron chi connectivity index (χ3n) is 3.87. The number of para-hydroxylation sites is 1. The van der Waals surface area contributed by atoms with Gasteiger partial charge in [-0.1, -0.05) is 29.8 Å². The third kappa shape index (κ3) is 2.92. The summed E-state index contributed by atoms with van der Waals surface area (Å²) in [5.41, 5.74) is 2.46. The third-order valence-corrected chi connectivity index (χ3v) is 4.10. The van der Waals surface area contributed by atoms with Gasteiger partial charge in [-0.3, -0.25) is 4.79 Å². The fourth-order valence-corrected chi connectivity index (χ4v) is 2.96. The molecule has 0 spiro atoms. The molecule has 0 saturated heterocycles. The maximum Gasteiger partial charge on any atom is 0.243 e. The van der Waals surface area contributed by atoms with Crippen molar-refractivity contribution in [1.82, 2.24) is 0 Å². The molecule has 1 heterocycles. The molecular formula is C17H16ClFN2O. The summed E-state index contributed by atoms with van der Waals surface area (Å²) in [6.45, 7) is 2.27. The molecule has 1 aliphatic rings. The molecule has 2 aromatic carbocycles. The molecule has 0 bridgehead atoms. The van der Waals surface area contributed by atoms with Crippen molar-refractivity contribution >= 4 is 28.9 Å². The van der Waals surface area contributed by atoms with Crippen molar-refractivity contribution in [3.8, 4) is 0 Å². The van der Waals surface area contributed by atoms with Crippen LogP contribution in [-0.2, 0) is 11.2 Å². The van der Waals surface area contributed by atoms with Gasteiger partial charge in [-0.25, -0.2) is 4.39 Å². The van der Waals surface area contributed by atoms with Gasteiger partial charge in [-0.05, 0) is 43.2 Å². The van der Waals surface area contributed by atoms with Crippen molar-refractivity contribution in [2.24, 2.45) is 0 Å². The minimum Gasteiger partial charge on any atom is -0.359 e. The Morgan fingerprint density at radius 2 is 2.14 bits per heavy atom. The standard InChI is InChI=1S/C17H16ClFN2O/c1-11-8-12-4-2-3-5-16(12)21(11)10-17(22)20-15-7-6-13(18)9-14(15)19/h2-7,9,11H,8,10H2,1H3,(H,20,22)/t11-/m1/s1. The van der Waals surface area contributed by atoms with Crippen LogP contribution in [0.2, 0.25) is 5.02 Å². The Hall–Kier alpha value is -2.07. The van der Waals surface area contributed by atoms with Crippen molar-refractivity contribution in [3.05, 3.63) is 58.9 Å². The van der Waals surface area contributed by atoms with E-state index >= 15 is 0 Å². The normalized spacial score (nSPS) is 16.5. The van der Waals surface area contributed by atoms with E-state index in [9.17, 15) is 9.18 Å². The summed E-state index contributed by atoms with van der Waals surface area (Å²) < 4.78 is 13.7. The lowest BCUT2D eigenvalue weighted by Crippen LogP contribution is -2.37. The maximum absolute atomic E-state index is 13.7. The molecular weight excluding hydrogens is 303 g/mol. The fraction of sp³-hybridized carbons (Fsp3) is 0.235. The van der Waals surface area contributed by atoms with Gasteiger partial charge in [-0.15, -0.1) is 0 Å². The predicted molar refractivity (Wildman–Crippen MR) is 87.0 cm³/mol. The second kappa shape index (κ2) is 5.97. The molecule has 2 aromatic rings. The maximum atomic E-state index is 13.7. The summed E-state index contributed by atoms with van der Waals surface area (Å²) in [5, 5.41) is 2.90. The molecule has 0 unspecified atom stereocenters. The highest BCUT2D eigenvalue weighted by Gasteiger charge is 2.27. The number of carbonyl (C=O) groups is 1. The molecule has 0 aliphatic carbocycles. The van der Waals surface area contributed by atoms with E-state index in [4.69, 9.17) is 11.6 Å². The van der Waals surface area contributed by atoms with E-state index in [-0.39, 0.29) is 24.2 Å². The predicted octanol–water partition coefficient (Wildman–Crippen LogP) is 3.87. The Balaban J connectivity index is 1.72. The van der Waals surface area contributed by atoms with Crippen LogP contribution in [-0.4, -0.2) is 18.5 Å². The lowest BCUT2D eigenvalue weighted by Gasteiger charge is -2.24. The van der Waals surface area contributed by atoms with Gasteiger partial charge in [0.25, 0.3) is 0 Å². The van der Waals surface area contributed by atoms with Crippen LogP contribution in [0.4, 0.5) is 15.8 Å². The van der Waals surface area contributed by atoms with Gasteiger partial charge in [0.05, 0.1) is 12.2 Å². The van der Waals surface area contributed by atoms with Gasteiger partial charge < -0.3 is 10.2 Å². The van der Waals surface area contributed by atoms with E-state index in [0.29, 0.717) is 5.02 Å². The summed E-state index contributed by atoms with van der Waals surface area (Å²) in [4.78, 5) is 14.2. The van der Waals surface area contributed by atoms with Crippen LogP contribution in [0.15, 0.2) is 42.5 Å². The largest absolute Gasteiger partial charge is 0.359 e. The average Bonchev–Trinajstić information content (AvgIpc) is 2.78. The van der Waals surface area contributed by atoms with Crippen LogP contribution in [0.5, 0.6) is 0 Å². The lowest BCUT2D eigenvalue weighted by molar-refractivity contribution is -0.115. The summed E-state index contributed by atoms with van der Waals surface area (Å²) in [7, 11) is 0. The van der Waals surface area contributed by atoms with Gasteiger partial charge in [-0.2, -0.15) is 0 Å². The number of nitrogens with one attached hydrogen (secondary N) is 1. The highest BCUT2D eigenvalue weighted by molar-refractivity contribution is 6.30. The van der Waals surface area contributed by atoms with Gasteiger partial charge in [0.2, 0.25) is 5.91 Å². The van der Waals surface area contributed by atoms with Gasteiger partial charge in [0.15, 0.2) is 0 Å². The molecule has 0 fully saturated rings. The second-order valence-electron chi connectivity index (χ2n) is 5.48. The van der Waals surface area contributed by atoms with E-state index in [1.807, 2.05) is 23.1 Å². The van der Waals surface area contributed by atoms with Crippen LogP contribution < -0.4 is 10.2 Å². The summed E-state index contributed by atoms with van der Waals surface area (Å²) in [5.74, 6) is -0.777. The van der Waals surface area contributed by atoms with Crippen LogP contribution in [0.3, 0.4) is 0 Å². The number of rotatable bonds is 3. The zero-order valence-corrected chi connectivity index (χ0v) is 12.9. The van der Waals surface area contributed by atoms with Gasteiger partial charge in [0, 0.05) is 16.8 Å². The zero-order valence-electron chi connectivity index (χ0n) is 12.1. The van der Waals surface area contributed by atoms with E-state index in [2.05, 4.69) is 18.3 Å². The number of nitrogens with zero attached hydrogens (tertiary/aromatic N) is 1. The number of carbonyl (C=O) groups excluding carboxylic acids is 1. The van der Waals surface area contributed by atoms with Crippen LogP contribution >= 0.6 is 11.6 Å². The first-order chi connectivity index (χ1) is 10.5. The Morgan fingerprint density at radius 3 is 2.91 bits per heavy atom. The monoisotopic (exact) mass is 318 g/mol. The van der Waals surface area contributed by atoms with Crippen LogP contribution in [0.1, 0.15) is 12.5 Å². The first kappa shape index (κ1) is 14.9. The fourth-order valence-electron chi connectivity index (χ4n) is 2.81. The van der Waals surface area contributed by atoms with E-state index in [1.165, 1.54) is 17.7 Å². The van der Waals surface area contributed by atoms with E-state index < -0.39 is 5.82 Å². The molecule has 0 saturated carbocycles. The molecule has 1 N–H and O–H groups in total. The average molecular weight is 319 g/mol. The Labute approximate surface area is 133 Å². The quantitative estimate of drug-likeness (QED) is 0.931. The van der Waals surface area contributed by atoms with Gasteiger partial charge >= 0.3 is 0 Å². The van der Waals surface area contributed by atoms with Crippen molar-refractivity contribution in [1.29, 1.82) is 0 Å². The molecule has 1 atom stereocenters. The molecule has 0 aromatic heterocycles. The van der Waals surface area contributed by atoms with E-state index in [0.717, 1.165) is 12.1 Å². The Morgan fingerprint density at radius 1 is 1.36 bits per heavy atom. The van der Waals surface area contributed by atoms with Crippen LogP contribution in [0.25, 0.3) is 0 Å². The number of anilines is 2. The van der Waals surface area contributed by atoms with Crippen molar-refractivity contribution in [2.75, 3.05) is 16.8 Å². The lowest BCUT2D eigenvalue weighted by atomic mass is 10.1. The molecule has 22 heavy (non-hydrogen) atoms. The van der Waals surface area contributed by atoms with Crippen molar-refractivity contribution < 1.29 is 9.18 Å². The molecule has 5 heteroatoms. The molecule has 0 radical (unpaired) electrons. The Bertz CT molecular complexity index is 720. The molecule has 1 aliphatic heterocycles. The number of amides is 1. The van der Waals surface area contributed by atoms with Crippen molar-refractivity contribution in [2.45, 2.75) is 19.4 Å². The van der Waals surface area contributed by atoms with Gasteiger partial charge in [0.1, 0.15) is 5.82 Å². The zero-order chi connectivity index (χ0) is 15.7. The molecule has 1 amide bonds. The first-order valence-corrected chi connectivity index (χ1v) is 7.52. The Kier molecular flexibility index (Phi) is 4.03. The SMILES string of the molecule is C[C@@H]1Cc2ccccc2N1CC(=O)Nc1ccc(Cl)cc1F. The van der Waals surface area contributed by atoms with Crippen molar-refractivity contribution in [3.63, 3.8) is 0 Å².